The first kappa shape index (κ1) is 20.0. The van der Waals surface area contributed by atoms with Crippen molar-refractivity contribution in [2.24, 2.45) is 23.7 Å². The van der Waals surface area contributed by atoms with Gasteiger partial charge in [0.05, 0.1) is 5.69 Å². The molecule has 5 fully saturated rings. The Morgan fingerprint density at radius 1 is 0.871 bits per heavy atom. The van der Waals surface area contributed by atoms with Gasteiger partial charge in [-0.2, -0.15) is 0 Å². The van der Waals surface area contributed by atoms with Gasteiger partial charge in [-0.25, -0.2) is 4.39 Å². The Kier molecular flexibility index (Phi) is 4.99. The van der Waals surface area contributed by atoms with Gasteiger partial charge < -0.3 is 4.57 Å². The molecular weight excluding hydrogens is 385 g/mol. The maximum absolute atomic E-state index is 14.4. The number of rotatable bonds is 4. The molecule has 4 aliphatic carbocycles. The van der Waals surface area contributed by atoms with E-state index in [4.69, 9.17) is 0 Å². The molecule has 31 heavy (non-hydrogen) atoms. The maximum Gasteiger partial charge on any atom is 0.147 e. The molecule has 3 nitrogen and oxygen atoms in total. The number of halogens is 1. The number of hydrogen-bond acceptors (Lipinski definition) is 2. The summed E-state index contributed by atoms with van der Waals surface area (Å²) in [6.07, 6.45) is 7.60. The molecule has 1 aliphatic heterocycles. The average molecular weight is 422 g/mol. The number of nitrogens with zero attached hydrogens (tertiary/aromatic N) is 3. The van der Waals surface area contributed by atoms with E-state index < -0.39 is 0 Å². The van der Waals surface area contributed by atoms with Crippen molar-refractivity contribution < 1.29 is 4.39 Å². The Hall–Kier alpha value is -1.65. The highest BCUT2D eigenvalue weighted by atomic mass is 19.1. The van der Waals surface area contributed by atoms with E-state index in [0.717, 1.165) is 55.0 Å². The lowest BCUT2D eigenvalue weighted by molar-refractivity contribution is -0.0769. The minimum atomic E-state index is -0.153. The summed E-state index contributed by atoms with van der Waals surface area (Å²) in [4.78, 5) is 5.48. The van der Waals surface area contributed by atoms with Gasteiger partial charge in [0, 0.05) is 50.2 Å². The lowest BCUT2D eigenvalue weighted by Crippen LogP contribution is -2.60. The SMILES string of the molecule is Cc1cc(CN2CCN(C3C4CC5CC(C4)CC3C5)CC2)c(C)n1-c1ccccc1F. The monoisotopic (exact) mass is 421 g/mol. The van der Waals surface area contributed by atoms with Gasteiger partial charge in [-0.3, -0.25) is 9.80 Å². The van der Waals surface area contributed by atoms with Crippen LogP contribution >= 0.6 is 0 Å². The van der Waals surface area contributed by atoms with Gasteiger partial charge >= 0.3 is 0 Å². The summed E-state index contributed by atoms with van der Waals surface area (Å²) in [6, 6.07) is 10.2. The van der Waals surface area contributed by atoms with Gasteiger partial charge in [0.15, 0.2) is 0 Å². The van der Waals surface area contributed by atoms with E-state index in [1.165, 1.54) is 50.0 Å². The normalized spacial score (nSPS) is 33.3. The van der Waals surface area contributed by atoms with Gasteiger partial charge in [0.25, 0.3) is 0 Å². The number of aryl methyl sites for hydroxylation is 1. The van der Waals surface area contributed by atoms with Crippen molar-refractivity contribution in [3.8, 4) is 5.69 Å². The standard InChI is InChI=1S/C27H36FN3/c1-18-11-24(19(2)31(18)26-6-4-3-5-25(26)28)17-29-7-9-30(10-8-29)27-22-13-20-12-21(15-22)16-23(27)14-20/h3-6,11,20-23,27H,7-10,12-17H2,1-2H3. The van der Waals surface area contributed by atoms with Gasteiger partial charge in [-0.1, -0.05) is 12.1 Å². The van der Waals surface area contributed by atoms with E-state index in [9.17, 15) is 4.39 Å². The third-order valence-corrected chi connectivity index (χ3v) is 9.03. The summed E-state index contributed by atoms with van der Waals surface area (Å²) in [5, 5.41) is 0. The molecule has 0 N–H and O–H groups in total. The lowest BCUT2D eigenvalue weighted by Gasteiger charge is -2.58. The zero-order chi connectivity index (χ0) is 21.1. The summed E-state index contributed by atoms with van der Waals surface area (Å²) in [5.74, 6) is 3.94. The number of benzene rings is 1. The predicted molar refractivity (Wildman–Crippen MR) is 123 cm³/mol. The lowest BCUT2D eigenvalue weighted by atomic mass is 9.54. The number of para-hydroxylation sites is 1. The molecule has 0 spiro atoms. The quantitative estimate of drug-likeness (QED) is 0.674. The number of aromatic nitrogens is 1. The van der Waals surface area contributed by atoms with E-state index >= 15 is 0 Å². The van der Waals surface area contributed by atoms with Crippen LogP contribution in [0.1, 0.15) is 49.1 Å². The maximum atomic E-state index is 14.4. The van der Waals surface area contributed by atoms with Crippen molar-refractivity contribution in [3.05, 3.63) is 53.1 Å². The Labute approximate surface area is 186 Å². The van der Waals surface area contributed by atoms with Crippen molar-refractivity contribution in [1.82, 2.24) is 14.4 Å². The van der Waals surface area contributed by atoms with E-state index in [1.807, 2.05) is 12.1 Å². The highest BCUT2D eigenvalue weighted by molar-refractivity contribution is 5.42. The first-order chi connectivity index (χ1) is 15.1. The van der Waals surface area contributed by atoms with Crippen LogP contribution in [-0.4, -0.2) is 46.6 Å². The summed E-state index contributed by atoms with van der Waals surface area (Å²) in [5.41, 5.74) is 4.29. The number of piperazine rings is 1. The third-order valence-electron chi connectivity index (χ3n) is 9.03. The fraction of sp³-hybridized carbons (Fsp3) is 0.630. The van der Waals surface area contributed by atoms with E-state index in [2.05, 4.69) is 34.3 Å². The third kappa shape index (κ3) is 3.47. The molecule has 5 aliphatic rings. The van der Waals surface area contributed by atoms with Gasteiger partial charge in [0.1, 0.15) is 5.82 Å². The highest BCUT2D eigenvalue weighted by Gasteiger charge is 2.50. The molecule has 1 saturated heterocycles. The van der Waals surface area contributed by atoms with Gasteiger partial charge in [-0.05, 0) is 93.4 Å². The molecule has 0 unspecified atom stereocenters. The molecule has 0 radical (unpaired) electrons. The van der Waals surface area contributed by atoms with Crippen LogP contribution in [0.3, 0.4) is 0 Å². The summed E-state index contributed by atoms with van der Waals surface area (Å²) >= 11 is 0. The van der Waals surface area contributed by atoms with Gasteiger partial charge in [0.2, 0.25) is 0 Å². The fourth-order valence-electron chi connectivity index (χ4n) is 7.95. The molecule has 4 heteroatoms. The van der Waals surface area contributed by atoms with Crippen LogP contribution in [-0.2, 0) is 6.54 Å². The summed E-state index contributed by atoms with van der Waals surface area (Å²) < 4.78 is 16.5. The van der Waals surface area contributed by atoms with Crippen LogP contribution < -0.4 is 0 Å². The predicted octanol–water partition coefficient (Wildman–Crippen LogP) is 5.18. The Balaban J connectivity index is 1.12. The second kappa shape index (κ2) is 7.74. The topological polar surface area (TPSA) is 11.4 Å². The fourth-order valence-corrected chi connectivity index (χ4v) is 7.95. The molecule has 166 valence electrons. The largest absolute Gasteiger partial charge is 0.315 e. The first-order valence-corrected chi connectivity index (χ1v) is 12.5. The molecule has 0 amide bonds. The molecule has 0 atom stereocenters. The second-order valence-corrected chi connectivity index (χ2v) is 10.9. The first-order valence-electron chi connectivity index (χ1n) is 12.5. The molecular formula is C27H36FN3. The molecule has 2 aromatic rings. The molecule has 4 bridgehead atoms. The van der Waals surface area contributed by atoms with E-state index in [-0.39, 0.29) is 5.82 Å². The van der Waals surface area contributed by atoms with E-state index in [0.29, 0.717) is 5.69 Å². The van der Waals surface area contributed by atoms with Crippen LogP contribution in [0.5, 0.6) is 0 Å². The van der Waals surface area contributed by atoms with Crippen LogP contribution in [0.2, 0.25) is 0 Å². The van der Waals surface area contributed by atoms with Crippen LogP contribution in [0, 0.1) is 43.3 Å². The van der Waals surface area contributed by atoms with E-state index in [1.54, 1.807) is 18.6 Å². The smallest absolute Gasteiger partial charge is 0.147 e. The van der Waals surface area contributed by atoms with Crippen LogP contribution in [0.15, 0.2) is 30.3 Å². The van der Waals surface area contributed by atoms with Gasteiger partial charge in [-0.15, -0.1) is 0 Å². The van der Waals surface area contributed by atoms with Crippen molar-refractivity contribution >= 4 is 0 Å². The minimum absolute atomic E-state index is 0.153. The Bertz CT molecular complexity index is 927. The summed E-state index contributed by atoms with van der Waals surface area (Å²) in [6.45, 7) is 9.97. The zero-order valence-corrected chi connectivity index (χ0v) is 19.1. The minimum Gasteiger partial charge on any atom is -0.315 e. The number of hydrogen-bond donors (Lipinski definition) is 0. The molecule has 1 aromatic heterocycles. The zero-order valence-electron chi connectivity index (χ0n) is 19.1. The Morgan fingerprint density at radius 2 is 1.52 bits per heavy atom. The molecule has 2 heterocycles. The van der Waals surface area contributed by atoms with Crippen molar-refractivity contribution in [1.29, 1.82) is 0 Å². The van der Waals surface area contributed by atoms with Crippen molar-refractivity contribution in [2.45, 2.75) is 58.5 Å². The molecule has 1 aromatic carbocycles. The van der Waals surface area contributed by atoms with Crippen molar-refractivity contribution in [3.63, 3.8) is 0 Å². The summed E-state index contributed by atoms with van der Waals surface area (Å²) in [7, 11) is 0. The second-order valence-electron chi connectivity index (χ2n) is 10.9. The Morgan fingerprint density at radius 3 is 2.16 bits per heavy atom. The molecule has 4 saturated carbocycles. The van der Waals surface area contributed by atoms with Crippen LogP contribution in [0.25, 0.3) is 5.69 Å². The highest BCUT2D eigenvalue weighted by Crippen LogP contribution is 2.55. The molecule has 7 rings (SSSR count). The van der Waals surface area contributed by atoms with Crippen LogP contribution in [0.4, 0.5) is 4.39 Å². The van der Waals surface area contributed by atoms with Crippen molar-refractivity contribution in [2.75, 3.05) is 26.2 Å². The average Bonchev–Trinajstić information content (AvgIpc) is 3.02.